The Kier molecular flexibility index (Phi) is 7.00. The smallest absolute Gasteiger partial charge is 0.433 e. The Labute approximate surface area is 221 Å². The Bertz CT molecular complexity index is 1500. The highest BCUT2D eigenvalue weighted by Gasteiger charge is 2.38. The molecular weight excluding hydrogens is 519 g/mol. The molecule has 39 heavy (non-hydrogen) atoms. The fraction of sp³-hybridized carbons (Fsp3) is 0.321. The lowest BCUT2D eigenvalue weighted by Crippen LogP contribution is -2.28. The number of alkyl halides is 5. The van der Waals surface area contributed by atoms with Crippen LogP contribution >= 0.6 is 0 Å². The molecule has 3 aromatic heterocycles. The fourth-order valence-corrected chi connectivity index (χ4v) is 4.71. The highest BCUT2D eigenvalue weighted by atomic mass is 19.4. The summed E-state index contributed by atoms with van der Waals surface area (Å²) in [5, 5.41) is 10.7. The molecule has 4 aromatic rings. The minimum atomic E-state index is -4.73. The number of anilines is 1. The fourth-order valence-electron chi connectivity index (χ4n) is 4.71. The first-order valence-corrected chi connectivity index (χ1v) is 12.4. The predicted octanol–water partition coefficient (Wildman–Crippen LogP) is 6.93. The third-order valence-corrected chi connectivity index (χ3v) is 6.66. The first-order valence-electron chi connectivity index (χ1n) is 12.4. The van der Waals surface area contributed by atoms with Gasteiger partial charge in [-0.3, -0.25) is 0 Å². The lowest BCUT2D eigenvalue weighted by Gasteiger charge is -2.26. The van der Waals surface area contributed by atoms with E-state index in [2.05, 4.69) is 15.0 Å². The molecule has 4 heterocycles. The molecule has 0 unspecified atom stereocenters. The molecule has 1 saturated heterocycles. The first-order chi connectivity index (χ1) is 18.5. The Morgan fingerprint density at radius 3 is 2.54 bits per heavy atom. The molecule has 11 heteroatoms. The number of nitrogens with zero attached hydrogens (tertiary/aromatic N) is 4. The second-order valence-corrected chi connectivity index (χ2v) is 9.53. The van der Waals surface area contributed by atoms with Crippen molar-refractivity contribution < 1.29 is 31.8 Å². The molecule has 0 spiro atoms. The van der Waals surface area contributed by atoms with Crippen LogP contribution in [0.5, 0.6) is 11.6 Å². The van der Waals surface area contributed by atoms with Crippen LogP contribution in [0.25, 0.3) is 22.2 Å². The van der Waals surface area contributed by atoms with Gasteiger partial charge in [-0.1, -0.05) is 30.3 Å². The summed E-state index contributed by atoms with van der Waals surface area (Å²) in [5.74, 6) is -3.08. The van der Waals surface area contributed by atoms with Gasteiger partial charge in [0.2, 0.25) is 11.8 Å². The zero-order valence-electron chi connectivity index (χ0n) is 21.0. The van der Waals surface area contributed by atoms with Crippen LogP contribution < -0.4 is 9.64 Å². The number of pyridine rings is 3. The summed E-state index contributed by atoms with van der Waals surface area (Å²) in [4.78, 5) is 13.9. The molecule has 0 amide bonds. The summed E-state index contributed by atoms with van der Waals surface area (Å²) in [6.45, 7) is 1.39. The van der Waals surface area contributed by atoms with Crippen molar-refractivity contribution >= 4 is 16.7 Å². The highest BCUT2D eigenvalue weighted by molar-refractivity contribution is 5.92. The van der Waals surface area contributed by atoms with Crippen molar-refractivity contribution in [1.82, 2.24) is 15.0 Å². The summed E-state index contributed by atoms with van der Waals surface area (Å²) >= 11 is 0. The molecule has 1 aliphatic rings. The van der Waals surface area contributed by atoms with Gasteiger partial charge in [-0.2, -0.15) is 13.2 Å². The van der Waals surface area contributed by atoms with E-state index in [1.165, 1.54) is 30.2 Å². The third-order valence-electron chi connectivity index (χ3n) is 6.66. The van der Waals surface area contributed by atoms with Gasteiger partial charge in [0.15, 0.2) is 0 Å². The van der Waals surface area contributed by atoms with Crippen molar-refractivity contribution in [2.45, 2.75) is 44.9 Å². The average Bonchev–Trinajstić information content (AvgIpc) is 3.07. The van der Waals surface area contributed by atoms with Crippen LogP contribution in [-0.2, 0) is 12.8 Å². The third kappa shape index (κ3) is 5.71. The zero-order valence-corrected chi connectivity index (χ0v) is 21.0. The van der Waals surface area contributed by atoms with E-state index >= 15 is 0 Å². The number of aryl methyl sites for hydroxylation is 1. The second kappa shape index (κ2) is 10.3. The Morgan fingerprint density at radius 2 is 1.79 bits per heavy atom. The molecule has 1 aromatic carbocycles. The number of aromatic nitrogens is 3. The molecule has 1 fully saturated rings. The van der Waals surface area contributed by atoms with Crippen molar-refractivity contribution in [2.75, 3.05) is 18.0 Å². The maximum Gasteiger partial charge on any atom is 0.433 e. The topological polar surface area (TPSA) is 71.4 Å². The molecule has 0 bridgehead atoms. The summed E-state index contributed by atoms with van der Waals surface area (Å²) in [6.07, 6.45) is -4.14. The number of halogens is 5. The summed E-state index contributed by atoms with van der Waals surface area (Å²) < 4.78 is 75.8. The van der Waals surface area contributed by atoms with E-state index in [1.807, 2.05) is 30.3 Å². The summed E-state index contributed by atoms with van der Waals surface area (Å²) in [6, 6.07) is 13.7. The number of hydrogen-bond donors (Lipinski definition) is 1. The Morgan fingerprint density at radius 1 is 1.03 bits per heavy atom. The van der Waals surface area contributed by atoms with Gasteiger partial charge in [-0.15, -0.1) is 0 Å². The quantitative estimate of drug-likeness (QED) is 0.275. The van der Waals surface area contributed by atoms with Crippen LogP contribution in [0.2, 0.25) is 0 Å². The molecule has 0 aliphatic carbocycles. The van der Waals surface area contributed by atoms with E-state index in [-0.39, 0.29) is 72.2 Å². The van der Waals surface area contributed by atoms with Crippen LogP contribution in [-0.4, -0.2) is 39.1 Å². The van der Waals surface area contributed by atoms with Gasteiger partial charge in [0.05, 0.1) is 11.2 Å². The van der Waals surface area contributed by atoms with Crippen LogP contribution in [0.3, 0.4) is 0 Å². The number of hydrogen-bond acceptors (Lipinski definition) is 6. The van der Waals surface area contributed by atoms with E-state index in [0.717, 1.165) is 5.56 Å². The maximum absolute atomic E-state index is 14.1. The normalized spacial score (nSPS) is 15.8. The monoisotopic (exact) mass is 544 g/mol. The molecule has 1 aliphatic heterocycles. The largest absolute Gasteiger partial charge is 0.493 e. The highest BCUT2D eigenvalue weighted by Crippen LogP contribution is 2.41. The van der Waals surface area contributed by atoms with Gasteiger partial charge < -0.3 is 14.7 Å². The van der Waals surface area contributed by atoms with Crippen molar-refractivity contribution in [3.63, 3.8) is 0 Å². The van der Waals surface area contributed by atoms with Crippen LogP contribution in [0.1, 0.15) is 36.1 Å². The molecule has 5 rings (SSSR count). The van der Waals surface area contributed by atoms with Crippen molar-refractivity contribution in [1.29, 1.82) is 0 Å². The van der Waals surface area contributed by atoms with Crippen molar-refractivity contribution in [3.8, 4) is 22.9 Å². The van der Waals surface area contributed by atoms with Gasteiger partial charge in [0.25, 0.3) is 0 Å². The minimum Gasteiger partial charge on any atom is -0.493 e. The average molecular weight is 545 g/mol. The molecule has 0 saturated carbocycles. The number of benzene rings is 1. The standard InChI is InChI=1S/C28H25F5N4O2/c1-17-14-19(25(36-24(17)28(31,32)33)37-12-5-9-27(29,30)10-13-37)21-15-22(39-16-18-6-3-2-4-7-18)23-20(35-21)8-11-34-26(23)38/h2-4,6-8,11,14-15H,5,9-10,12-13,16H2,1H3,(H,34,38). The van der Waals surface area contributed by atoms with Crippen molar-refractivity contribution in [3.05, 3.63) is 71.5 Å². The van der Waals surface area contributed by atoms with Gasteiger partial charge >= 0.3 is 6.18 Å². The van der Waals surface area contributed by atoms with Crippen LogP contribution in [0.15, 0.2) is 54.7 Å². The summed E-state index contributed by atoms with van der Waals surface area (Å²) in [5.41, 5.74) is 0.410. The zero-order chi connectivity index (χ0) is 27.8. The van der Waals surface area contributed by atoms with E-state index in [1.54, 1.807) is 6.07 Å². The molecule has 6 nitrogen and oxygen atoms in total. The van der Waals surface area contributed by atoms with Crippen LogP contribution in [0, 0.1) is 6.92 Å². The maximum atomic E-state index is 14.1. The lowest BCUT2D eigenvalue weighted by atomic mass is 10.0. The Hall–Kier alpha value is -4.02. The van der Waals surface area contributed by atoms with Gasteiger partial charge in [-0.25, -0.2) is 23.7 Å². The molecular formula is C28H25F5N4O2. The van der Waals surface area contributed by atoms with Gasteiger partial charge in [0, 0.05) is 43.8 Å². The number of ether oxygens (including phenoxy) is 1. The number of aromatic hydroxyl groups is 1. The predicted molar refractivity (Wildman–Crippen MR) is 136 cm³/mol. The Balaban J connectivity index is 1.66. The van der Waals surface area contributed by atoms with Crippen LogP contribution in [0.4, 0.5) is 27.8 Å². The van der Waals surface area contributed by atoms with E-state index in [4.69, 9.17) is 4.74 Å². The first kappa shape index (κ1) is 26.6. The summed E-state index contributed by atoms with van der Waals surface area (Å²) in [7, 11) is 0. The molecule has 204 valence electrons. The second-order valence-electron chi connectivity index (χ2n) is 9.53. The van der Waals surface area contributed by atoms with E-state index < -0.39 is 24.2 Å². The number of fused-ring (bicyclic) bond motifs is 1. The molecule has 1 N–H and O–H groups in total. The van der Waals surface area contributed by atoms with E-state index in [0.29, 0.717) is 5.52 Å². The van der Waals surface area contributed by atoms with E-state index in [9.17, 15) is 27.1 Å². The molecule has 0 atom stereocenters. The van der Waals surface area contributed by atoms with Crippen molar-refractivity contribution in [2.24, 2.45) is 0 Å². The van der Waals surface area contributed by atoms with Gasteiger partial charge in [-0.05, 0) is 36.6 Å². The SMILES string of the molecule is Cc1cc(-c2cc(OCc3ccccc3)c3c(O)nccc3n2)c(N2CCCC(F)(F)CC2)nc1C(F)(F)F. The van der Waals surface area contributed by atoms with Gasteiger partial charge in [0.1, 0.15) is 29.3 Å². The minimum absolute atomic E-state index is 0.0789. The lowest BCUT2D eigenvalue weighted by molar-refractivity contribution is -0.141. The molecule has 0 radical (unpaired) electrons. The number of rotatable bonds is 5.